The average molecular weight is 486 g/mol. The summed E-state index contributed by atoms with van der Waals surface area (Å²) in [6.45, 7) is 4.03. The van der Waals surface area contributed by atoms with Gasteiger partial charge in [-0.2, -0.15) is 13.2 Å². The van der Waals surface area contributed by atoms with Gasteiger partial charge in [0.15, 0.2) is 17.2 Å². The molecule has 1 N–H and O–H groups in total. The second-order valence-electron chi connectivity index (χ2n) is 9.52. The molecule has 6 bridgehead atoms. The van der Waals surface area contributed by atoms with Gasteiger partial charge in [0.25, 0.3) is 0 Å². The summed E-state index contributed by atoms with van der Waals surface area (Å²) in [5.41, 5.74) is 0.653. The number of benzene rings is 1. The van der Waals surface area contributed by atoms with Crippen LogP contribution in [0.1, 0.15) is 31.9 Å². The van der Waals surface area contributed by atoms with E-state index >= 15 is 0 Å². The van der Waals surface area contributed by atoms with Gasteiger partial charge in [-0.3, -0.25) is 14.6 Å². The molecule has 1 fully saturated rings. The van der Waals surface area contributed by atoms with Crippen LogP contribution < -0.4 is 10.1 Å². The van der Waals surface area contributed by atoms with Crippen molar-refractivity contribution in [3.05, 3.63) is 54.0 Å². The van der Waals surface area contributed by atoms with Crippen molar-refractivity contribution in [3.8, 4) is 17.3 Å². The molecule has 1 saturated heterocycles. The standard InChI is InChI=1S/C24H22F4N6O/c1-13-30-23(2)7-8-33(12-23)21(24(26,27)28)15-4-6-19-31-32-22(34(19)11-15)17-5-3-14-9-16(25)10-18(35-13)20(14)29-17/h3-6,9-11,13,21,30H,7-8,12H2,1-2H3/t13?,21-,23-/m0/s1. The highest BCUT2D eigenvalue weighted by Crippen LogP contribution is 2.41. The predicted octanol–water partition coefficient (Wildman–Crippen LogP) is 4.48. The number of hydrogen-bond donors (Lipinski definition) is 1. The number of nitrogens with zero attached hydrogens (tertiary/aromatic N) is 5. The molecule has 1 aromatic carbocycles. The summed E-state index contributed by atoms with van der Waals surface area (Å²) < 4.78 is 65.1. The average Bonchev–Trinajstić information content (AvgIpc) is 3.35. The van der Waals surface area contributed by atoms with Gasteiger partial charge in [-0.1, -0.05) is 12.1 Å². The van der Waals surface area contributed by atoms with Crippen molar-refractivity contribution in [3.63, 3.8) is 0 Å². The summed E-state index contributed by atoms with van der Waals surface area (Å²) in [5.74, 6) is 0.0427. The molecular weight excluding hydrogens is 464 g/mol. The normalized spacial score (nSPS) is 26.7. The summed E-state index contributed by atoms with van der Waals surface area (Å²) in [4.78, 5) is 6.08. The SMILES string of the molecule is CC1N[C@@]2(C)CCN(C2)[C@H](C(F)(F)F)c2ccc3nnc(n3c2)-c2ccc3cc(F)cc(c3n2)O1. The maximum Gasteiger partial charge on any atom is 0.408 e. The van der Waals surface area contributed by atoms with Crippen LogP contribution in [0.15, 0.2) is 42.6 Å². The van der Waals surface area contributed by atoms with Crippen LogP contribution in [0.5, 0.6) is 5.75 Å². The summed E-state index contributed by atoms with van der Waals surface area (Å²) in [6, 6.07) is 7.13. The van der Waals surface area contributed by atoms with Crippen LogP contribution in [0, 0.1) is 5.82 Å². The van der Waals surface area contributed by atoms with Crippen LogP contribution >= 0.6 is 0 Å². The first-order valence-corrected chi connectivity index (χ1v) is 11.3. The first kappa shape index (κ1) is 22.2. The number of alkyl halides is 3. The van der Waals surface area contributed by atoms with E-state index in [4.69, 9.17) is 4.74 Å². The predicted molar refractivity (Wildman–Crippen MR) is 120 cm³/mol. The molecule has 4 aromatic rings. The first-order valence-electron chi connectivity index (χ1n) is 11.3. The molecule has 7 nitrogen and oxygen atoms in total. The molecule has 11 heteroatoms. The van der Waals surface area contributed by atoms with Crippen molar-refractivity contribution < 1.29 is 22.3 Å². The minimum Gasteiger partial charge on any atom is -0.473 e. The molecule has 4 atom stereocenters. The number of aromatic nitrogens is 4. The summed E-state index contributed by atoms with van der Waals surface area (Å²) in [5, 5.41) is 12.1. The van der Waals surface area contributed by atoms with Crippen LogP contribution in [0.25, 0.3) is 28.1 Å². The van der Waals surface area contributed by atoms with Gasteiger partial charge in [-0.15, -0.1) is 10.2 Å². The zero-order valence-corrected chi connectivity index (χ0v) is 19.0. The molecule has 3 aromatic heterocycles. The van der Waals surface area contributed by atoms with Gasteiger partial charge in [-0.05, 0) is 44.0 Å². The first-order chi connectivity index (χ1) is 16.6. The Bertz CT molecular complexity index is 1450. The van der Waals surface area contributed by atoms with Gasteiger partial charge in [0.1, 0.15) is 29.3 Å². The van der Waals surface area contributed by atoms with E-state index < -0.39 is 29.8 Å². The lowest BCUT2D eigenvalue weighted by atomic mass is 10.0. The monoisotopic (exact) mass is 486 g/mol. The number of hydrogen-bond acceptors (Lipinski definition) is 6. The highest BCUT2D eigenvalue weighted by Gasteiger charge is 2.49. The molecule has 5 heterocycles. The van der Waals surface area contributed by atoms with Crippen molar-refractivity contribution in [1.29, 1.82) is 0 Å². The van der Waals surface area contributed by atoms with Crippen LogP contribution in [-0.2, 0) is 0 Å². The fraction of sp³-hybridized carbons (Fsp3) is 0.375. The summed E-state index contributed by atoms with van der Waals surface area (Å²) >= 11 is 0. The number of pyridine rings is 2. The molecule has 182 valence electrons. The molecule has 0 saturated carbocycles. The minimum atomic E-state index is -4.49. The summed E-state index contributed by atoms with van der Waals surface area (Å²) in [6.07, 6.45) is -3.18. The van der Waals surface area contributed by atoms with Gasteiger partial charge in [0.2, 0.25) is 0 Å². The minimum absolute atomic E-state index is 0.0954. The third kappa shape index (κ3) is 3.79. The fourth-order valence-electron chi connectivity index (χ4n) is 5.28. The molecule has 2 unspecified atom stereocenters. The third-order valence-corrected chi connectivity index (χ3v) is 6.73. The highest BCUT2D eigenvalue weighted by molar-refractivity contribution is 5.86. The Hall–Kier alpha value is -3.31. The largest absolute Gasteiger partial charge is 0.473 e. The lowest BCUT2D eigenvalue weighted by molar-refractivity contribution is -0.184. The number of halogens is 4. The van der Waals surface area contributed by atoms with E-state index in [1.54, 1.807) is 19.1 Å². The van der Waals surface area contributed by atoms with Crippen molar-refractivity contribution >= 4 is 16.6 Å². The van der Waals surface area contributed by atoms with Crippen LogP contribution in [0.3, 0.4) is 0 Å². The van der Waals surface area contributed by atoms with Crippen molar-refractivity contribution in [2.24, 2.45) is 0 Å². The Morgan fingerprint density at radius 1 is 1.14 bits per heavy atom. The molecule has 0 spiro atoms. The Kier molecular flexibility index (Phi) is 4.81. The Labute approximate surface area is 197 Å². The molecule has 6 rings (SSSR count). The lowest BCUT2D eigenvalue weighted by Crippen LogP contribution is -2.51. The number of fused-ring (bicyclic) bond motifs is 5. The van der Waals surface area contributed by atoms with Crippen LogP contribution in [0.4, 0.5) is 17.6 Å². The van der Waals surface area contributed by atoms with Gasteiger partial charge in [-0.25, -0.2) is 9.37 Å². The van der Waals surface area contributed by atoms with Gasteiger partial charge < -0.3 is 4.74 Å². The van der Waals surface area contributed by atoms with Gasteiger partial charge in [0, 0.05) is 36.3 Å². The van der Waals surface area contributed by atoms with Crippen LogP contribution in [-0.4, -0.2) is 55.5 Å². The number of rotatable bonds is 0. The van der Waals surface area contributed by atoms with Gasteiger partial charge in [0.05, 0.1) is 0 Å². The fourth-order valence-corrected chi connectivity index (χ4v) is 5.28. The molecule has 2 aliphatic rings. The maximum atomic E-state index is 14.4. The second-order valence-corrected chi connectivity index (χ2v) is 9.52. The van der Waals surface area contributed by atoms with Crippen molar-refractivity contribution in [1.82, 2.24) is 29.8 Å². The molecular formula is C24H22F4N6O. The van der Waals surface area contributed by atoms with E-state index in [0.717, 1.165) is 0 Å². The van der Waals surface area contributed by atoms with E-state index in [2.05, 4.69) is 20.5 Å². The number of nitrogens with one attached hydrogen (secondary N) is 1. The Morgan fingerprint density at radius 3 is 2.77 bits per heavy atom. The van der Waals surface area contributed by atoms with Crippen molar-refractivity contribution in [2.75, 3.05) is 13.1 Å². The number of ether oxygens (including phenoxy) is 1. The third-order valence-electron chi connectivity index (χ3n) is 6.73. The topological polar surface area (TPSA) is 67.6 Å². The van der Waals surface area contributed by atoms with E-state index in [9.17, 15) is 17.6 Å². The smallest absolute Gasteiger partial charge is 0.408 e. The zero-order valence-electron chi connectivity index (χ0n) is 19.0. The van der Waals surface area contributed by atoms with Crippen LogP contribution in [0.2, 0.25) is 0 Å². The van der Waals surface area contributed by atoms with E-state index in [0.29, 0.717) is 28.7 Å². The Morgan fingerprint density at radius 2 is 1.97 bits per heavy atom. The molecule has 35 heavy (non-hydrogen) atoms. The highest BCUT2D eigenvalue weighted by atomic mass is 19.4. The quantitative estimate of drug-likeness (QED) is 0.370. The molecule has 0 amide bonds. The Balaban J connectivity index is 1.61. The summed E-state index contributed by atoms with van der Waals surface area (Å²) in [7, 11) is 0. The zero-order chi connectivity index (χ0) is 24.5. The molecule has 0 radical (unpaired) electrons. The van der Waals surface area contributed by atoms with E-state index in [1.165, 1.54) is 39.8 Å². The molecule has 0 aliphatic carbocycles. The lowest BCUT2D eigenvalue weighted by Gasteiger charge is -2.33. The van der Waals surface area contributed by atoms with Gasteiger partial charge >= 0.3 is 6.18 Å². The maximum absolute atomic E-state index is 14.4. The van der Waals surface area contributed by atoms with E-state index in [1.807, 2.05) is 6.92 Å². The molecule has 2 aliphatic heterocycles. The van der Waals surface area contributed by atoms with E-state index in [-0.39, 0.29) is 30.2 Å². The van der Waals surface area contributed by atoms with Crippen molar-refractivity contribution in [2.45, 2.75) is 44.3 Å². The second kappa shape index (κ2) is 7.59.